The minimum Gasteiger partial charge on any atom is -0.443 e. The second-order valence-corrected chi connectivity index (χ2v) is 10.5. The number of nitrogens with zero attached hydrogens (tertiary/aromatic N) is 4. The quantitative estimate of drug-likeness (QED) is 0.423. The molecule has 4 rings (SSSR count). The van der Waals surface area contributed by atoms with Crippen LogP contribution in [0.1, 0.15) is 61.6 Å². The molecule has 0 aliphatic carbocycles. The predicted molar refractivity (Wildman–Crippen MR) is 142 cm³/mol. The zero-order valence-corrected chi connectivity index (χ0v) is 21.8. The Morgan fingerprint density at radius 1 is 1.06 bits per heavy atom. The number of ketones is 1. The lowest BCUT2D eigenvalue weighted by molar-refractivity contribution is 0.0589. The molecule has 1 saturated heterocycles. The minimum absolute atomic E-state index is 0.0730. The number of benzene rings is 2. The van der Waals surface area contributed by atoms with Gasteiger partial charge in [-0.1, -0.05) is 6.42 Å². The van der Waals surface area contributed by atoms with E-state index in [4.69, 9.17) is 4.74 Å². The van der Waals surface area contributed by atoms with E-state index in [9.17, 15) is 14.9 Å². The van der Waals surface area contributed by atoms with Crippen LogP contribution < -0.4 is 4.90 Å². The number of aromatic nitrogens is 1. The van der Waals surface area contributed by atoms with Crippen molar-refractivity contribution in [3.63, 3.8) is 0 Å². The van der Waals surface area contributed by atoms with Crippen LogP contribution in [0.2, 0.25) is 0 Å². The summed E-state index contributed by atoms with van der Waals surface area (Å²) in [7, 11) is 1.68. The summed E-state index contributed by atoms with van der Waals surface area (Å²) in [6.07, 6.45) is 2.99. The van der Waals surface area contributed by atoms with Crippen molar-refractivity contribution in [1.82, 2.24) is 9.47 Å². The number of hydrogen-bond acceptors (Lipinski definition) is 5. The molecule has 1 fully saturated rings. The Labute approximate surface area is 212 Å². The smallest absolute Gasteiger partial charge is 0.414 e. The Hall–Kier alpha value is -3.63. The van der Waals surface area contributed by atoms with Gasteiger partial charge in [0.25, 0.3) is 0 Å². The van der Waals surface area contributed by atoms with Crippen LogP contribution in [0.15, 0.2) is 42.5 Å². The average molecular weight is 487 g/mol. The lowest BCUT2D eigenvalue weighted by atomic mass is 10.0. The molecule has 2 aromatic carbocycles. The number of Topliss-reactive ketones (excluding diaryl/α,β-unsaturated/α-hetero) is 1. The zero-order chi connectivity index (χ0) is 26.0. The van der Waals surface area contributed by atoms with Crippen LogP contribution in [0.25, 0.3) is 16.6 Å². The van der Waals surface area contributed by atoms with Crippen molar-refractivity contribution in [2.45, 2.75) is 52.6 Å². The molecule has 7 heteroatoms. The first kappa shape index (κ1) is 25.5. The van der Waals surface area contributed by atoms with Gasteiger partial charge in [-0.15, -0.1) is 0 Å². The van der Waals surface area contributed by atoms with Crippen molar-refractivity contribution in [3.8, 4) is 11.8 Å². The molecule has 0 unspecified atom stereocenters. The molecule has 0 radical (unpaired) electrons. The van der Waals surface area contributed by atoms with Gasteiger partial charge in [0, 0.05) is 35.1 Å². The molecule has 7 nitrogen and oxygen atoms in total. The first-order chi connectivity index (χ1) is 17.1. The summed E-state index contributed by atoms with van der Waals surface area (Å²) >= 11 is 0. The highest BCUT2D eigenvalue weighted by Crippen LogP contribution is 2.33. The van der Waals surface area contributed by atoms with Crippen molar-refractivity contribution in [2.24, 2.45) is 0 Å². The third kappa shape index (κ3) is 5.29. The SMILES string of the molecule is Cc1c(C(=O)CN2CCCCC2)c2cc(N(C)C(=O)OC(C)(C)C)ccc2n1-c1ccc(C#N)cc1. The second-order valence-electron chi connectivity index (χ2n) is 10.5. The maximum atomic E-state index is 13.7. The van der Waals surface area contributed by atoms with Crippen LogP contribution in [-0.2, 0) is 4.74 Å². The predicted octanol–water partition coefficient (Wildman–Crippen LogP) is 5.85. The summed E-state index contributed by atoms with van der Waals surface area (Å²) in [5.74, 6) is 0.0730. The highest BCUT2D eigenvalue weighted by molar-refractivity contribution is 6.12. The molecule has 36 heavy (non-hydrogen) atoms. The molecule has 0 saturated carbocycles. The summed E-state index contributed by atoms with van der Waals surface area (Å²) in [5.41, 5.74) is 3.88. The molecule has 2 heterocycles. The van der Waals surface area contributed by atoms with Crippen molar-refractivity contribution >= 4 is 28.5 Å². The number of carbonyl (C=O) groups excluding carboxylic acids is 2. The molecule has 0 bridgehead atoms. The third-order valence-corrected chi connectivity index (χ3v) is 6.59. The second kappa shape index (κ2) is 10.2. The number of amides is 1. The Morgan fingerprint density at radius 2 is 1.72 bits per heavy atom. The van der Waals surface area contributed by atoms with Crippen molar-refractivity contribution in [3.05, 3.63) is 59.3 Å². The van der Waals surface area contributed by atoms with E-state index in [1.54, 1.807) is 19.2 Å². The lowest BCUT2D eigenvalue weighted by Gasteiger charge is -2.25. The Kier molecular flexibility index (Phi) is 7.18. The molecular weight excluding hydrogens is 452 g/mol. The van der Waals surface area contributed by atoms with Gasteiger partial charge in [0.15, 0.2) is 5.78 Å². The van der Waals surface area contributed by atoms with E-state index < -0.39 is 11.7 Å². The summed E-state index contributed by atoms with van der Waals surface area (Å²) in [4.78, 5) is 30.1. The van der Waals surface area contributed by atoms with E-state index in [1.807, 2.05) is 58.0 Å². The van der Waals surface area contributed by atoms with Gasteiger partial charge in [0.1, 0.15) is 5.60 Å². The van der Waals surface area contributed by atoms with Crippen LogP contribution in [0.5, 0.6) is 0 Å². The number of hydrogen-bond donors (Lipinski definition) is 0. The normalized spacial score (nSPS) is 14.4. The minimum atomic E-state index is -0.611. The topological polar surface area (TPSA) is 78.6 Å². The van der Waals surface area contributed by atoms with Crippen molar-refractivity contribution in [2.75, 3.05) is 31.6 Å². The van der Waals surface area contributed by atoms with E-state index in [0.717, 1.165) is 48.2 Å². The van der Waals surface area contributed by atoms with Crippen LogP contribution in [0.3, 0.4) is 0 Å². The number of anilines is 1. The molecule has 188 valence electrons. The fourth-order valence-electron chi connectivity index (χ4n) is 4.82. The number of likely N-dealkylation sites (tertiary alicyclic amines) is 1. The molecule has 1 aliphatic rings. The maximum Gasteiger partial charge on any atom is 0.414 e. The van der Waals surface area contributed by atoms with Gasteiger partial charge in [-0.05, 0) is 96.1 Å². The van der Waals surface area contributed by atoms with Gasteiger partial charge in [0.2, 0.25) is 0 Å². The Morgan fingerprint density at radius 3 is 2.33 bits per heavy atom. The maximum absolute atomic E-state index is 13.7. The molecular formula is C29H34N4O3. The van der Waals surface area contributed by atoms with Crippen molar-refractivity contribution < 1.29 is 14.3 Å². The fourth-order valence-corrected chi connectivity index (χ4v) is 4.82. The number of piperidine rings is 1. The molecule has 1 aliphatic heterocycles. The van der Waals surface area contributed by atoms with Gasteiger partial charge in [-0.2, -0.15) is 5.26 Å². The Balaban J connectivity index is 1.81. The van der Waals surface area contributed by atoms with Crippen LogP contribution in [-0.4, -0.2) is 53.6 Å². The van der Waals surface area contributed by atoms with Gasteiger partial charge >= 0.3 is 6.09 Å². The van der Waals surface area contributed by atoms with Crippen LogP contribution in [0, 0.1) is 18.3 Å². The molecule has 0 N–H and O–H groups in total. The summed E-state index contributed by atoms with van der Waals surface area (Å²) < 4.78 is 7.60. The average Bonchev–Trinajstić information content (AvgIpc) is 3.14. The van der Waals surface area contributed by atoms with Gasteiger partial charge in [0.05, 0.1) is 23.7 Å². The highest BCUT2D eigenvalue weighted by Gasteiger charge is 2.26. The van der Waals surface area contributed by atoms with Gasteiger partial charge in [-0.25, -0.2) is 4.79 Å². The number of rotatable bonds is 5. The molecule has 0 atom stereocenters. The van der Waals surface area contributed by atoms with E-state index in [1.165, 1.54) is 11.3 Å². The first-order valence-electron chi connectivity index (χ1n) is 12.5. The van der Waals surface area contributed by atoms with E-state index in [-0.39, 0.29) is 5.78 Å². The summed E-state index contributed by atoms with van der Waals surface area (Å²) in [6, 6.07) is 15.2. The molecule has 1 aromatic heterocycles. The number of nitriles is 1. The standard InChI is InChI=1S/C29H34N4O3/c1-20-27(26(34)19-32-15-7-6-8-16-32)24-17-23(31(5)28(35)36-29(2,3)4)13-14-25(24)33(20)22-11-9-21(18-30)10-12-22/h9-14,17H,6-8,15-16,19H2,1-5H3. The lowest BCUT2D eigenvalue weighted by Crippen LogP contribution is -2.34. The van der Waals surface area contributed by atoms with E-state index >= 15 is 0 Å². The van der Waals surface area contributed by atoms with E-state index in [0.29, 0.717) is 23.4 Å². The fraction of sp³-hybridized carbons (Fsp3) is 0.414. The monoisotopic (exact) mass is 486 g/mol. The van der Waals surface area contributed by atoms with Gasteiger partial charge in [-0.3, -0.25) is 14.6 Å². The summed E-state index contributed by atoms with van der Waals surface area (Å²) in [5, 5.41) is 10.0. The molecule has 0 spiro atoms. The van der Waals surface area contributed by atoms with Gasteiger partial charge < -0.3 is 9.30 Å². The first-order valence-corrected chi connectivity index (χ1v) is 12.5. The Bertz CT molecular complexity index is 1320. The molecule has 3 aromatic rings. The number of ether oxygens (including phenoxy) is 1. The zero-order valence-electron chi connectivity index (χ0n) is 21.8. The number of fused-ring (bicyclic) bond motifs is 1. The third-order valence-electron chi connectivity index (χ3n) is 6.59. The molecule has 1 amide bonds. The van der Waals surface area contributed by atoms with Crippen molar-refractivity contribution in [1.29, 1.82) is 5.26 Å². The van der Waals surface area contributed by atoms with Crippen LogP contribution >= 0.6 is 0 Å². The number of carbonyl (C=O) groups is 2. The summed E-state index contributed by atoms with van der Waals surface area (Å²) in [6.45, 7) is 9.71. The largest absolute Gasteiger partial charge is 0.443 e. The highest BCUT2D eigenvalue weighted by atomic mass is 16.6. The van der Waals surface area contributed by atoms with E-state index in [2.05, 4.69) is 15.5 Å². The van der Waals surface area contributed by atoms with Crippen LogP contribution in [0.4, 0.5) is 10.5 Å².